The molecule has 1 saturated heterocycles. The average molecular weight is 296 g/mol. The normalized spacial score (nSPS) is 24.7. The number of carbonyl (C=O) groups is 2. The lowest BCUT2D eigenvalue weighted by molar-refractivity contribution is -0.153. The summed E-state index contributed by atoms with van der Waals surface area (Å²) in [7, 11) is 0. The van der Waals surface area contributed by atoms with Crippen molar-refractivity contribution in [1.29, 1.82) is 0 Å². The van der Waals surface area contributed by atoms with Gasteiger partial charge in [0.1, 0.15) is 12.1 Å². The highest BCUT2D eigenvalue weighted by Crippen LogP contribution is 2.26. The molecule has 1 aliphatic rings. The highest BCUT2D eigenvalue weighted by Gasteiger charge is 2.42. The highest BCUT2D eigenvalue weighted by molar-refractivity contribution is 5.97. The molecule has 0 aromatic heterocycles. The molecule has 0 radical (unpaired) electrons. The Balaban J connectivity index is 3.03. The Labute approximate surface area is 129 Å². The molecular formula is C17H32N2O2. The zero-order valence-electron chi connectivity index (χ0n) is 14.5. The Kier molecular flexibility index (Phi) is 6.69. The molecule has 1 fully saturated rings. The van der Waals surface area contributed by atoms with E-state index in [2.05, 4.69) is 39.9 Å². The fraction of sp³-hybridized carbons (Fsp3) is 0.882. The third kappa shape index (κ3) is 3.98. The lowest BCUT2D eigenvalue weighted by Gasteiger charge is -2.44. The fourth-order valence-electron chi connectivity index (χ4n) is 3.49. The van der Waals surface area contributed by atoms with Crippen molar-refractivity contribution >= 4 is 11.8 Å². The third-order valence-corrected chi connectivity index (χ3v) is 4.77. The molecule has 0 saturated carbocycles. The number of nitrogens with one attached hydrogen (secondary N) is 1. The van der Waals surface area contributed by atoms with Crippen molar-refractivity contribution in [3.63, 3.8) is 0 Å². The van der Waals surface area contributed by atoms with Gasteiger partial charge in [0.15, 0.2) is 0 Å². The van der Waals surface area contributed by atoms with Crippen molar-refractivity contribution in [3.8, 4) is 0 Å². The monoisotopic (exact) mass is 296 g/mol. The SMILES string of the molecule is CCC(CC)C(C)N1C(=O)C(CC(C)C)NC(=O)C1CC. The van der Waals surface area contributed by atoms with E-state index >= 15 is 0 Å². The van der Waals surface area contributed by atoms with Gasteiger partial charge in [0.2, 0.25) is 11.8 Å². The lowest BCUT2D eigenvalue weighted by Crippen LogP contribution is -2.66. The standard InChI is InChI=1S/C17H32N2O2/c1-7-13(8-2)12(6)19-15(9-3)16(20)18-14(17(19)21)10-11(4)5/h11-15H,7-10H2,1-6H3,(H,18,20). The zero-order valence-corrected chi connectivity index (χ0v) is 14.5. The van der Waals surface area contributed by atoms with Gasteiger partial charge in [-0.1, -0.05) is 47.5 Å². The smallest absolute Gasteiger partial charge is 0.246 e. The number of carbonyl (C=O) groups excluding carboxylic acids is 2. The van der Waals surface area contributed by atoms with Crippen molar-refractivity contribution < 1.29 is 9.59 Å². The predicted octanol–water partition coefficient (Wildman–Crippen LogP) is 2.96. The van der Waals surface area contributed by atoms with Crippen LogP contribution in [0.4, 0.5) is 0 Å². The molecule has 0 aromatic carbocycles. The molecule has 3 atom stereocenters. The van der Waals surface area contributed by atoms with Crippen molar-refractivity contribution in [2.45, 2.75) is 85.4 Å². The number of hydrogen-bond acceptors (Lipinski definition) is 2. The maximum Gasteiger partial charge on any atom is 0.246 e. The van der Waals surface area contributed by atoms with Crippen molar-refractivity contribution in [2.24, 2.45) is 11.8 Å². The van der Waals surface area contributed by atoms with Gasteiger partial charge in [0, 0.05) is 6.04 Å². The summed E-state index contributed by atoms with van der Waals surface area (Å²) in [5.41, 5.74) is 0. The van der Waals surface area contributed by atoms with E-state index in [1.807, 2.05) is 11.8 Å². The minimum Gasteiger partial charge on any atom is -0.342 e. The van der Waals surface area contributed by atoms with Gasteiger partial charge in [-0.05, 0) is 31.6 Å². The van der Waals surface area contributed by atoms with Crippen LogP contribution >= 0.6 is 0 Å². The minimum absolute atomic E-state index is 0.0144. The summed E-state index contributed by atoms with van der Waals surface area (Å²) in [6.45, 7) is 12.6. The lowest BCUT2D eigenvalue weighted by atomic mass is 9.89. The Bertz CT molecular complexity index is 364. The quantitative estimate of drug-likeness (QED) is 0.785. The largest absolute Gasteiger partial charge is 0.342 e. The van der Waals surface area contributed by atoms with Crippen LogP contribution in [-0.2, 0) is 9.59 Å². The molecule has 0 aromatic rings. The molecule has 1 aliphatic heterocycles. The number of amides is 2. The Morgan fingerprint density at radius 1 is 1.10 bits per heavy atom. The van der Waals surface area contributed by atoms with Gasteiger partial charge < -0.3 is 10.2 Å². The van der Waals surface area contributed by atoms with Crippen LogP contribution in [0.15, 0.2) is 0 Å². The summed E-state index contributed by atoms with van der Waals surface area (Å²) < 4.78 is 0. The summed E-state index contributed by atoms with van der Waals surface area (Å²) in [6, 6.07) is -0.535. The van der Waals surface area contributed by atoms with Crippen LogP contribution < -0.4 is 5.32 Å². The predicted molar refractivity (Wildman–Crippen MR) is 85.8 cm³/mol. The van der Waals surface area contributed by atoms with E-state index in [0.717, 1.165) is 12.8 Å². The van der Waals surface area contributed by atoms with Gasteiger partial charge in [-0.25, -0.2) is 0 Å². The molecule has 4 nitrogen and oxygen atoms in total. The first-order valence-corrected chi connectivity index (χ1v) is 8.49. The van der Waals surface area contributed by atoms with Gasteiger partial charge in [-0.3, -0.25) is 9.59 Å². The molecule has 122 valence electrons. The van der Waals surface area contributed by atoms with Crippen LogP contribution in [0.25, 0.3) is 0 Å². The van der Waals surface area contributed by atoms with E-state index in [9.17, 15) is 9.59 Å². The third-order valence-electron chi connectivity index (χ3n) is 4.77. The number of piperazine rings is 1. The summed E-state index contributed by atoms with van der Waals surface area (Å²) in [5.74, 6) is 0.964. The first-order chi connectivity index (χ1) is 9.87. The summed E-state index contributed by atoms with van der Waals surface area (Å²) >= 11 is 0. The number of hydrogen-bond donors (Lipinski definition) is 1. The zero-order chi connectivity index (χ0) is 16.2. The Morgan fingerprint density at radius 2 is 1.67 bits per heavy atom. The molecule has 1 heterocycles. The summed E-state index contributed by atoms with van der Waals surface area (Å²) in [6.07, 6.45) is 3.46. The van der Waals surface area contributed by atoms with Crippen LogP contribution in [-0.4, -0.2) is 34.8 Å². The molecule has 1 rings (SSSR count). The summed E-state index contributed by atoms with van der Waals surface area (Å²) in [4.78, 5) is 27.1. The van der Waals surface area contributed by atoms with E-state index in [1.165, 1.54) is 0 Å². The van der Waals surface area contributed by atoms with E-state index in [0.29, 0.717) is 24.7 Å². The molecule has 3 unspecified atom stereocenters. The van der Waals surface area contributed by atoms with Crippen molar-refractivity contribution in [3.05, 3.63) is 0 Å². The Hall–Kier alpha value is -1.06. The topological polar surface area (TPSA) is 49.4 Å². The maximum atomic E-state index is 12.9. The second kappa shape index (κ2) is 7.81. The first kappa shape index (κ1) is 18.0. The van der Waals surface area contributed by atoms with E-state index in [1.54, 1.807) is 0 Å². The Morgan fingerprint density at radius 3 is 2.10 bits per heavy atom. The maximum absolute atomic E-state index is 12.9. The van der Waals surface area contributed by atoms with E-state index in [4.69, 9.17) is 0 Å². The molecule has 1 N–H and O–H groups in total. The van der Waals surface area contributed by atoms with Crippen molar-refractivity contribution in [1.82, 2.24) is 10.2 Å². The van der Waals surface area contributed by atoms with Gasteiger partial charge in [0.25, 0.3) is 0 Å². The van der Waals surface area contributed by atoms with Gasteiger partial charge in [0.05, 0.1) is 0 Å². The summed E-state index contributed by atoms with van der Waals surface area (Å²) in [5, 5.41) is 2.93. The molecule has 4 heteroatoms. The molecule has 0 spiro atoms. The molecular weight excluding hydrogens is 264 g/mol. The van der Waals surface area contributed by atoms with Crippen molar-refractivity contribution in [2.75, 3.05) is 0 Å². The number of nitrogens with zero attached hydrogens (tertiary/aromatic N) is 1. The van der Waals surface area contributed by atoms with Crippen LogP contribution in [0.2, 0.25) is 0 Å². The van der Waals surface area contributed by atoms with Crippen LogP contribution in [0.5, 0.6) is 0 Å². The fourth-order valence-corrected chi connectivity index (χ4v) is 3.49. The molecule has 2 amide bonds. The molecule has 0 bridgehead atoms. The van der Waals surface area contributed by atoms with Crippen LogP contribution in [0, 0.1) is 11.8 Å². The number of rotatable bonds is 7. The minimum atomic E-state index is -0.350. The highest BCUT2D eigenvalue weighted by atomic mass is 16.2. The van der Waals surface area contributed by atoms with Gasteiger partial charge >= 0.3 is 0 Å². The van der Waals surface area contributed by atoms with E-state index in [-0.39, 0.29) is 29.9 Å². The second-order valence-corrected chi connectivity index (χ2v) is 6.68. The molecule has 0 aliphatic carbocycles. The van der Waals surface area contributed by atoms with Crippen LogP contribution in [0.3, 0.4) is 0 Å². The first-order valence-electron chi connectivity index (χ1n) is 8.49. The van der Waals surface area contributed by atoms with Gasteiger partial charge in [-0.2, -0.15) is 0 Å². The second-order valence-electron chi connectivity index (χ2n) is 6.68. The average Bonchev–Trinajstić information content (AvgIpc) is 2.42. The van der Waals surface area contributed by atoms with Gasteiger partial charge in [-0.15, -0.1) is 0 Å². The molecule has 21 heavy (non-hydrogen) atoms. The van der Waals surface area contributed by atoms with Crippen LogP contribution in [0.1, 0.15) is 67.2 Å². The van der Waals surface area contributed by atoms with E-state index < -0.39 is 0 Å².